The lowest BCUT2D eigenvalue weighted by Crippen LogP contribution is -2.44. The monoisotopic (exact) mass is 415 g/mol. The van der Waals surface area contributed by atoms with Gasteiger partial charge in [0.25, 0.3) is 0 Å². The Balaban J connectivity index is 2.19. The summed E-state index contributed by atoms with van der Waals surface area (Å²) in [4.78, 5) is 24.2. The van der Waals surface area contributed by atoms with Crippen LogP contribution in [0.1, 0.15) is 31.2 Å². The number of hydrogen-bond donors (Lipinski definition) is 2. The molecule has 0 aliphatic carbocycles. The van der Waals surface area contributed by atoms with E-state index in [1.807, 2.05) is 0 Å². The summed E-state index contributed by atoms with van der Waals surface area (Å²) in [6, 6.07) is 6.99. The zero-order chi connectivity index (χ0) is 21.1. The third kappa shape index (κ3) is 5.98. The number of carboxylic acid groups (broad SMARTS) is 1. The van der Waals surface area contributed by atoms with Crippen LogP contribution in [0, 0.1) is 0 Å². The van der Waals surface area contributed by atoms with Gasteiger partial charge in [0, 0.05) is 21.7 Å². The highest BCUT2D eigenvalue weighted by atomic mass is 32.1. The van der Waals surface area contributed by atoms with Crippen molar-refractivity contribution in [1.29, 1.82) is 0 Å². The molecule has 2 aromatic rings. The normalized spacial score (nSPS) is 13.1. The molecule has 152 valence electrons. The molecule has 1 heterocycles. The van der Waals surface area contributed by atoms with Crippen LogP contribution in [0.5, 0.6) is 0 Å². The summed E-state index contributed by atoms with van der Waals surface area (Å²) in [7, 11) is 0. The molecule has 0 radical (unpaired) electrons. The maximum absolute atomic E-state index is 13.2. The van der Waals surface area contributed by atoms with Crippen LogP contribution in [0.3, 0.4) is 0 Å². The quantitative estimate of drug-likeness (QED) is 0.724. The first kappa shape index (κ1) is 21.7. The molecule has 1 atom stereocenters. The van der Waals surface area contributed by atoms with Crippen LogP contribution in [0.25, 0.3) is 10.4 Å². The molecular weight excluding hydrogens is 395 g/mol. The third-order valence-corrected chi connectivity index (χ3v) is 4.69. The second kappa shape index (κ2) is 8.22. The van der Waals surface area contributed by atoms with Crippen LogP contribution >= 0.6 is 11.3 Å². The zero-order valence-electron chi connectivity index (χ0n) is 15.5. The highest BCUT2D eigenvalue weighted by Gasteiger charge is 2.33. The van der Waals surface area contributed by atoms with Crippen LogP contribution in [-0.4, -0.2) is 28.8 Å². The number of carbonyl (C=O) groups excluding carboxylic acids is 1. The second-order valence-electron chi connectivity index (χ2n) is 7.05. The molecule has 0 bridgehead atoms. The number of benzene rings is 1. The topological polar surface area (TPSA) is 75.6 Å². The van der Waals surface area contributed by atoms with Gasteiger partial charge in [-0.2, -0.15) is 13.2 Å². The van der Waals surface area contributed by atoms with Gasteiger partial charge in [0.05, 0.1) is 5.56 Å². The predicted molar refractivity (Wildman–Crippen MR) is 99.3 cm³/mol. The van der Waals surface area contributed by atoms with Gasteiger partial charge in [0.2, 0.25) is 0 Å². The molecule has 0 fully saturated rings. The first-order chi connectivity index (χ1) is 12.9. The van der Waals surface area contributed by atoms with Gasteiger partial charge < -0.3 is 15.2 Å². The Kier molecular flexibility index (Phi) is 6.38. The number of ether oxygens (including phenoxy) is 1. The predicted octanol–water partition coefficient (Wildman–Crippen LogP) is 4.95. The van der Waals surface area contributed by atoms with Crippen LogP contribution in [0.4, 0.5) is 18.0 Å². The van der Waals surface area contributed by atoms with Crippen molar-refractivity contribution < 1.29 is 32.6 Å². The van der Waals surface area contributed by atoms with Gasteiger partial charge in [-0.3, -0.25) is 0 Å². The van der Waals surface area contributed by atoms with Crippen molar-refractivity contribution in [2.24, 2.45) is 0 Å². The van der Waals surface area contributed by atoms with Gasteiger partial charge in [-0.15, -0.1) is 11.3 Å². The molecule has 5 nitrogen and oxygen atoms in total. The van der Waals surface area contributed by atoms with E-state index in [9.17, 15) is 27.9 Å². The van der Waals surface area contributed by atoms with E-state index in [0.717, 1.165) is 17.4 Å². The minimum Gasteiger partial charge on any atom is -0.480 e. The molecule has 2 N–H and O–H groups in total. The number of halogens is 3. The molecular formula is C19H20F3NO4S. The number of aliphatic carboxylic acids is 1. The molecule has 1 amide bonds. The SMILES string of the molecule is CC(C)(C)OC(=O)NC(Cc1ccc(-c2ccccc2C(F)(F)F)s1)C(=O)O. The minimum atomic E-state index is -4.50. The highest BCUT2D eigenvalue weighted by molar-refractivity contribution is 7.15. The van der Waals surface area contributed by atoms with Crippen LogP contribution in [0.15, 0.2) is 36.4 Å². The van der Waals surface area contributed by atoms with Crippen molar-refractivity contribution >= 4 is 23.4 Å². The van der Waals surface area contributed by atoms with E-state index in [1.54, 1.807) is 26.8 Å². The fraction of sp³-hybridized carbons (Fsp3) is 0.368. The van der Waals surface area contributed by atoms with Gasteiger partial charge in [-0.05, 0) is 39.0 Å². The van der Waals surface area contributed by atoms with Crippen LogP contribution in [-0.2, 0) is 22.1 Å². The average molecular weight is 415 g/mol. The van der Waals surface area contributed by atoms with Crippen LogP contribution in [0.2, 0.25) is 0 Å². The van der Waals surface area contributed by atoms with Gasteiger partial charge >= 0.3 is 18.2 Å². The van der Waals surface area contributed by atoms with Crippen LogP contribution < -0.4 is 5.32 Å². The van der Waals surface area contributed by atoms with Gasteiger partial charge in [-0.25, -0.2) is 9.59 Å². The van der Waals surface area contributed by atoms with Gasteiger partial charge in [0.15, 0.2) is 0 Å². The average Bonchev–Trinajstić information content (AvgIpc) is 3.00. The van der Waals surface area contributed by atoms with Crippen molar-refractivity contribution in [2.45, 2.75) is 45.0 Å². The number of nitrogens with one attached hydrogen (secondary N) is 1. The Morgan fingerprint density at radius 2 is 1.79 bits per heavy atom. The van der Waals surface area contributed by atoms with E-state index in [2.05, 4.69) is 5.32 Å². The fourth-order valence-electron chi connectivity index (χ4n) is 2.43. The number of carboxylic acids is 1. The summed E-state index contributed by atoms with van der Waals surface area (Å²) in [5, 5.41) is 11.6. The van der Waals surface area contributed by atoms with Crippen molar-refractivity contribution in [3.8, 4) is 10.4 Å². The van der Waals surface area contributed by atoms with E-state index in [4.69, 9.17) is 4.74 Å². The van der Waals surface area contributed by atoms with E-state index < -0.39 is 35.4 Å². The van der Waals surface area contributed by atoms with E-state index in [1.165, 1.54) is 24.3 Å². The Hall–Kier alpha value is -2.55. The number of rotatable bonds is 5. The van der Waals surface area contributed by atoms with Crippen molar-refractivity contribution in [2.75, 3.05) is 0 Å². The number of thiophene rings is 1. The first-order valence-corrected chi connectivity index (χ1v) is 9.16. The molecule has 9 heteroatoms. The molecule has 1 aromatic carbocycles. The van der Waals surface area contributed by atoms with Crippen molar-refractivity contribution in [1.82, 2.24) is 5.32 Å². The lowest BCUT2D eigenvalue weighted by Gasteiger charge is -2.21. The summed E-state index contributed by atoms with van der Waals surface area (Å²) in [5.74, 6) is -1.27. The molecule has 28 heavy (non-hydrogen) atoms. The minimum absolute atomic E-state index is 0.0261. The maximum Gasteiger partial charge on any atom is 0.417 e. The van der Waals surface area contributed by atoms with Crippen molar-refractivity contribution in [3.05, 3.63) is 46.8 Å². The largest absolute Gasteiger partial charge is 0.480 e. The lowest BCUT2D eigenvalue weighted by molar-refractivity contribution is -0.139. The molecule has 0 spiro atoms. The standard InChI is InChI=1S/C19H20F3NO4S/c1-18(2,3)27-17(26)23-14(16(24)25)10-11-8-9-15(28-11)12-6-4-5-7-13(12)19(20,21)22/h4-9,14H,10H2,1-3H3,(H,23,26)(H,24,25). The molecule has 0 aliphatic rings. The maximum atomic E-state index is 13.2. The second-order valence-corrected chi connectivity index (χ2v) is 8.22. The fourth-order valence-corrected chi connectivity index (χ4v) is 3.52. The molecule has 0 aliphatic heterocycles. The van der Waals surface area contributed by atoms with E-state index in [-0.39, 0.29) is 12.0 Å². The summed E-state index contributed by atoms with van der Waals surface area (Å²) in [5.41, 5.74) is -1.52. The zero-order valence-corrected chi connectivity index (χ0v) is 16.3. The van der Waals surface area contributed by atoms with Gasteiger partial charge in [0.1, 0.15) is 11.6 Å². The highest BCUT2D eigenvalue weighted by Crippen LogP contribution is 2.39. The summed E-state index contributed by atoms with van der Waals surface area (Å²) in [6.45, 7) is 4.93. The van der Waals surface area contributed by atoms with E-state index >= 15 is 0 Å². The number of alkyl carbamates (subject to hydrolysis) is 1. The Morgan fingerprint density at radius 3 is 2.36 bits per heavy atom. The smallest absolute Gasteiger partial charge is 0.417 e. The summed E-state index contributed by atoms with van der Waals surface area (Å²) < 4.78 is 44.7. The molecule has 2 rings (SSSR count). The number of amides is 1. The molecule has 0 saturated carbocycles. The summed E-state index contributed by atoms with van der Waals surface area (Å²) >= 11 is 1.05. The number of carbonyl (C=O) groups is 2. The Morgan fingerprint density at radius 1 is 1.14 bits per heavy atom. The van der Waals surface area contributed by atoms with Gasteiger partial charge in [-0.1, -0.05) is 18.2 Å². The first-order valence-electron chi connectivity index (χ1n) is 8.34. The molecule has 0 saturated heterocycles. The Labute approximate surface area is 164 Å². The third-order valence-electron chi connectivity index (χ3n) is 3.55. The molecule has 1 unspecified atom stereocenters. The molecule has 1 aromatic heterocycles. The number of hydrogen-bond acceptors (Lipinski definition) is 4. The van der Waals surface area contributed by atoms with E-state index in [0.29, 0.717) is 9.75 Å². The van der Waals surface area contributed by atoms with Crippen molar-refractivity contribution in [3.63, 3.8) is 0 Å². The number of alkyl halides is 3. The lowest BCUT2D eigenvalue weighted by atomic mass is 10.1. The Bertz CT molecular complexity index is 855. The summed E-state index contributed by atoms with van der Waals surface area (Å²) in [6.07, 6.45) is -5.45.